The SMILES string of the molecule is Cc1c(Cl)cccc1S(=O)(=O)Nc1cc(Cl)ccc1C(=O)N1CCCC1. The quantitative estimate of drug-likeness (QED) is 0.811. The van der Waals surface area contributed by atoms with Gasteiger partial charge in [-0.3, -0.25) is 9.52 Å². The van der Waals surface area contributed by atoms with E-state index in [0.717, 1.165) is 12.8 Å². The Bertz CT molecular complexity index is 955. The minimum absolute atomic E-state index is 0.0598. The normalized spacial score (nSPS) is 14.5. The van der Waals surface area contributed by atoms with Crippen molar-refractivity contribution in [1.82, 2.24) is 4.90 Å². The molecule has 8 heteroatoms. The molecule has 0 saturated carbocycles. The first-order valence-electron chi connectivity index (χ1n) is 8.16. The van der Waals surface area contributed by atoms with Crippen molar-refractivity contribution in [2.75, 3.05) is 17.8 Å². The first kappa shape index (κ1) is 19.0. The van der Waals surface area contributed by atoms with E-state index in [1.807, 2.05) is 0 Å². The molecule has 0 spiro atoms. The number of sulfonamides is 1. The number of carbonyl (C=O) groups is 1. The highest BCUT2D eigenvalue weighted by molar-refractivity contribution is 7.92. The average molecular weight is 413 g/mol. The summed E-state index contributed by atoms with van der Waals surface area (Å²) in [4.78, 5) is 14.5. The molecule has 1 aliphatic heterocycles. The number of benzene rings is 2. The van der Waals surface area contributed by atoms with Crippen LogP contribution in [-0.4, -0.2) is 32.3 Å². The zero-order valence-electron chi connectivity index (χ0n) is 14.1. The van der Waals surface area contributed by atoms with E-state index < -0.39 is 10.0 Å². The number of anilines is 1. The van der Waals surface area contributed by atoms with E-state index in [9.17, 15) is 13.2 Å². The third kappa shape index (κ3) is 3.82. The van der Waals surface area contributed by atoms with Gasteiger partial charge in [0.15, 0.2) is 0 Å². The van der Waals surface area contributed by atoms with Crippen LogP contribution in [0.4, 0.5) is 5.69 Å². The standard InChI is InChI=1S/C18H18Cl2N2O3S/c1-12-15(20)5-4-6-17(12)26(24,25)21-16-11-13(19)7-8-14(16)18(23)22-9-2-3-10-22/h4-8,11,21H,2-3,9-10H2,1H3. The van der Waals surface area contributed by atoms with Crippen LogP contribution in [0.5, 0.6) is 0 Å². The first-order chi connectivity index (χ1) is 12.3. The zero-order chi connectivity index (χ0) is 18.9. The third-order valence-corrected chi connectivity index (χ3v) is 6.51. The molecule has 1 aliphatic rings. The van der Waals surface area contributed by atoms with Crippen LogP contribution in [0.25, 0.3) is 0 Å². The van der Waals surface area contributed by atoms with Crippen molar-refractivity contribution >= 4 is 44.8 Å². The molecule has 0 aliphatic carbocycles. The Hall–Kier alpha value is -1.76. The lowest BCUT2D eigenvalue weighted by molar-refractivity contribution is 0.0794. The van der Waals surface area contributed by atoms with Crippen molar-refractivity contribution in [3.8, 4) is 0 Å². The van der Waals surface area contributed by atoms with Crippen molar-refractivity contribution in [1.29, 1.82) is 0 Å². The molecule has 0 atom stereocenters. The van der Waals surface area contributed by atoms with Gasteiger partial charge in [-0.2, -0.15) is 0 Å². The van der Waals surface area contributed by atoms with Gasteiger partial charge in [0, 0.05) is 23.1 Å². The third-order valence-electron chi connectivity index (χ3n) is 4.36. The molecule has 2 aromatic rings. The molecule has 2 aromatic carbocycles. The van der Waals surface area contributed by atoms with Gasteiger partial charge in [-0.1, -0.05) is 29.3 Å². The highest BCUT2D eigenvalue weighted by Crippen LogP contribution is 2.29. The van der Waals surface area contributed by atoms with Crippen LogP contribution < -0.4 is 4.72 Å². The zero-order valence-corrected chi connectivity index (χ0v) is 16.5. The highest BCUT2D eigenvalue weighted by atomic mass is 35.5. The number of nitrogens with one attached hydrogen (secondary N) is 1. The Morgan fingerprint density at radius 3 is 2.50 bits per heavy atom. The minimum atomic E-state index is -3.93. The number of nitrogens with zero attached hydrogens (tertiary/aromatic N) is 1. The van der Waals surface area contributed by atoms with Crippen LogP contribution >= 0.6 is 23.2 Å². The van der Waals surface area contributed by atoms with Crippen LogP contribution in [0.15, 0.2) is 41.3 Å². The topological polar surface area (TPSA) is 66.5 Å². The summed E-state index contributed by atoms with van der Waals surface area (Å²) >= 11 is 12.1. The van der Waals surface area contributed by atoms with Gasteiger partial charge in [-0.25, -0.2) is 8.42 Å². The monoisotopic (exact) mass is 412 g/mol. The number of carbonyl (C=O) groups excluding carboxylic acids is 1. The summed E-state index contributed by atoms with van der Waals surface area (Å²) < 4.78 is 28.2. The summed E-state index contributed by atoms with van der Waals surface area (Å²) in [5, 5.41) is 0.691. The maximum absolute atomic E-state index is 12.8. The maximum atomic E-state index is 12.8. The Balaban J connectivity index is 2.00. The van der Waals surface area contributed by atoms with E-state index in [2.05, 4.69) is 4.72 Å². The van der Waals surface area contributed by atoms with Gasteiger partial charge < -0.3 is 4.90 Å². The van der Waals surface area contributed by atoms with Crippen molar-refractivity contribution in [3.63, 3.8) is 0 Å². The Kier molecular flexibility index (Phi) is 5.46. The summed E-state index contributed by atoms with van der Waals surface area (Å²) in [6.07, 6.45) is 1.89. The lowest BCUT2D eigenvalue weighted by atomic mass is 10.1. The Morgan fingerprint density at radius 2 is 1.81 bits per heavy atom. The number of hydrogen-bond donors (Lipinski definition) is 1. The van der Waals surface area contributed by atoms with E-state index in [0.29, 0.717) is 28.7 Å². The van der Waals surface area contributed by atoms with E-state index >= 15 is 0 Å². The Labute approximate surface area is 163 Å². The molecule has 1 amide bonds. The van der Waals surface area contributed by atoms with Crippen LogP contribution in [0.2, 0.25) is 10.0 Å². The van der Waals surface area contributed by atoms with Crippen molar-refractivity contribution in [2.45, 2.75) is 24.7 Å². The molecule has 26 heavy (non-hydrogen) atoms. The van der Waals surface area contributed by atoms with Gasteiger partial charge in [0.05, 0.1) is 16.1 Å². The number of halogens is 2. The fourth-order valence-corrected chi connectivity index (χ4v) is 4.70. The molecule has 0 radical (unpaired) electrons. The lowest BCUT2D eigenvalue weighted by Gasteiger charge is -2.19. The summed E-state index contributed by atoms with van der Waals surface area (Å²) in [7, 11) is -3.93. The largest absolute Gasteiger partial charge is 0.339 e. The maximum Gasteiger partial charge on any atom is 0.262 e. The highest BCUT2D eigenvalue weighted by Gasteiger charge is 2.25. The molecule has 1 N–H and O–H groups in total. The second-order valence-corrected chi connectivity index (χ2v) is 8.65. The van der Waals surface area contributed by atoms with Crippen molar-refractivity contribution < 1.29 is 13.2 Å². The van der Waals surface area contributed by atoms with Crippen LogP contribution in [0, 0.1) is 6.92 Å². The molecule has 1 saturated heterocycles. The van der Waals surface area contributed by atoms with E-state index in [4.69, 9.17) is 23.2 Å². The van der Waals surface area contributed by atoms with Crippen LogP contribution in [0.3, 0.4) is 0 Å². The van der Waals surface area contributed by atoms with E-state index in [-0.39, 0.29) is 22.1 Å². The summed E-state index contributed by atoms with van der Waals surface area (Å²) in [5.74, 6) is -0.209. The minimum Gasteiger partial charge on any atom is -0.339 e. The Morgan fingerprint density at radius 1 is 1.12 bits per heavy atom. The predicted molar refractivity (Wildman–Crippen MR) is 104 cm³/mol. The number of likely N-dealkylation sites (tertiary alicyclic amines) is 1. The number of hydrogen-bond acceptors (Lipinski definition) is 3. The van der Waals surface area contributed by atoms with E-state index in [1.165, 1.54) is 12.1 Å². The molecular formula is C18H18Cl2N2O3S. The molecular weight excluding hydrogens is 395 g/mol. The van der Waals surface area contributed by atoms with Crippen molar-refractivity contribution in [2.24, 2.45) is 0 Å². The van der Waals surface area contributed by atoms with Gasteiger partial charge >= 0.3 is 0 Å². The molecule has 1 fully saturated rings. The second kappa shape index (κ2) is 7.47. The van der Waals surface area contributed by atoms with Gasteiger partial charge in [0.1, 0.15) is 0 Å². The molecule has 1 heterocycles. The first-order valence-corrected chi connectivity index (χ1v) is 10.4. The molecule has 0 aromatic heterocycles. The van der Waals surface area contributed by atoms with Crippen LogP contribution in [0.1, 0.15) is 28.8 Å². The molecule has 0 unspecified atom stereocenters. The smallest absolute Gasteiger partial charge is 0.262 e. The number of rotatable bonds is 4. The average Bonchev–Trinajstić information content (AvgIpc) is 3.11. The molecule has 5 nitrogen and oxygen atoms in total. The number of amides is 1. The van der Waals surface area contributed by atoms with Crippen LogP contribution in [-0.2, 0) is 10.0 Å². The fraction of sp³-hybridized carbons (Fsp3) is 0.278. The van der Waals surface area contributed by atoms with Gasteiger partial charge in [0.25, 0.3) is 15.9 Å². The summed E-state index contributed by atoms with van der Waals surface area (Å²) in [6, 6.07) is 9.23. The molecule has 0 bridgehead atoms. The summed E-state index contributed by atoms with van der Waals surface area (Å²) in [6.45, 7) is 2.97. The molecule has 3 rings (SSSR count). The fourth-order valence-electron chi connectivity index (χ4n) is 2.96. The van der Waals surface area contributed by atoms with Gasteiger partial charge in [-0.05, 0) is 55.7 Å². The molecule has 138 valence electrons. The predicted octanol–water partition coefficient (Wildman–Crippen LogP) is 4.34. The van der Waals surface area contributed by atoms with Gasteiger partial charge in [0.2, 0.25) is 0 Å². The second-order valence-electron chi connectivity index (χ2n) is 6.16. The van der Waals surface area contributed by atoms with E-state index in [1.54, 1.807) is 36.1 Å². The van der Waals surface area contributed by atoms with Crippen molar-refractivity contribution in [3.05, 3.63) is 57.6 Å². The van der Waals surface area contributed by atoms with Gasteiger partial charge in [-0.15, -0.1) is 0 Å². The summed E-state index contributed by atoms with van der Waals surface area (Å²) in [5.41, 5.74) is 0.879. The lowest BCUT2D eigenvalue weighted by Crippen LogP contribution is -2.29.